The Morgan fingerprint density at radius 2 is 1.84 bits per heavy atom. The number of rotatable bonds is 1. The van der Waals surface area contributed by atoms with E-state index < -0.39 is 6.10 Å². The van der Waals surface area contributed by atoms with Crippen LogP contribution in [-0.2, 0) is 4.74 Å². The SMILES string of the molecule is OC1=C/C=C/C(O)C(c2ccc(O)cc2)CO\C=C\1. The molecule has 1 aromatic rings. The van der Waals surface area contributed by atoms with E-state index in [1.807, 2.05) is 0 Å². The van der Waals surface area contributed by atoms with Crippen LogP contribution < -0.4 is 0 Å². The van der Waals surface area contributed by atoms with E-state index in [0.29, 0.717) is 0 Å². The fourth-order valence-electron chi connectivity index (χ4n) is 1.85. The molecule has 2 atom stereocenters. The summed E-state index contributed by atoms with van der Waals surface area (Å²) in [6.07, 6.45) is 6.77. The van der Waals surface area contributed by atoms with Gasteiger partial charge in [-0.1, -0.05) is 24.3 Å². The normalized spacial score (nSPS) is 29.6. The molecule has 1 aliphatic heterocycles. The molecule has 4 nitrogen and oxygen atoms in total. The standard InChI is InChI=1S/C15H16O4/c16-12-2-1-3-15(18)14(10-19-9-8-12)11-4-6-13(17)7-5-11/h1-9,14-18H,10H2/b3-1+,9-8+,12-2+. The highest BCUT2D eigenvalue weighted by molar-refractivity contribution is 5.30. The van der Waals surface area contributed by atoms with E-state index in [4.69, 9.17) is 4.74 Å². The molecule has 2 unspecified atom stereocenters. The second-order valence-electron chi connectivity index (χ2n) is 4.30. The number of hydrogen-bond donors (Lipinski definition) is 3. The Bertz CT molecular complexity index is 499. The lowest BCUT2D eigenvalue weighted by Crippen LogP contribution is -2.20. The van der Waals surface area contributed by atoms with Crippen LogP contribution in [0.5, 0.6) is 5.75 Å². The van der Waals surface area contributed by atoms with Crippen LogP contribution >= 0.6 is 0 Å². The molecule has 3 N–H and O–H groups in total. The lowest BCUT2D eigenvalue weighted by Gasteiger charge is -2.21. The predicted molar refractivity (Wildman–Crippen MR) is 71.8 cm³/mol. The van der Waals surface area contributed by atoms with Crippen molar-refractivity contribution in [3.8, 4) is 5.75 Å². The van der Waals surface area contributed by atoms with Gasteiger partial charge in [-0.15, -0.1) is 0 Å². The molecule has 0 aromatic heterocycles. The largest absolute Gasteiger partial charge is 0.508 e. The van der Waals surface area contributed by atoms with Gasteiger partial charge in [0.2, 0.25) is 0 Å². The van der Waals surface area contributed by atoms with Crippen LogP contribution in [0.2, 0.25) is 0 Å². The summed E-state index contributed by atoms with van der Waals surface area (Å²) in [5.74, 6) is 0.00370. The van der Waals surface area contributed by atoms with Gasteiger partial charge in [0.05, 0.1) is 19.0 Å². The van der Waals surface area contributed by atoms with Crippen LogP contribution in [0.25, 0.3) is 0 Å². The monoisotopic (exact) mass is 260 g/mol. The average molecular weight is 260 g/mol. The maximum absolute atomic E-state index is 10.1. The van der Waals surface area contributed by atoms with Crippen LogP contribution in [-0.4, -0.2) is 28.0 Å². The second kappa shape index (κ2) is 6.11. The molecule has 0 fully saturated rings. The molecular formula is C15H16O4. The summed E-state index contributed by atoms with van der Waals surface area (Å²) in [6.45, 7) is 0.278. The summed E-state index contributed by atoms with van der Waals surface area (Å²) >= 11 is 0. The Morgan fingerprint density at radius 1 is 1.11 bits per heavy atom. The van der Waals surface area contributed by atoms with E-state index in [-0.39, 0.29) is 24.0 Å². The highest BCUT2D eigenvalue weighted by Gasteiger charge is 2.19. The average Bonchev–Trinajstić information content (AvgIpc) is 2.40. The van der Waals surface area contributed by atoms with Crippen LogP contribution in [0.3, 0.4) is 0 Å². The van der Waals surface area contributed by atoms with E-state index in [1.165, 1.54) is 18.4 Å². The molecule has 1 aromatic carbocycles. The van der Waals surface area contributed by atoms with Crippen LogP contribution in [0, 0.1) is 0 Å². The molecule has 100 valence electrons. The minimum Gasteiger partial charge on any atom is -0.508 e. The van der Waals surface area contributed by atoms with Gasteiger partial charge >= 0.3 is 0 Å². The molecule has 0 amide bonds. The number of aliphatic hydroxyl groups is 2. The number of phenolic OH excluding ortho intramolecular Hbond substituents is 1. The molecule has 4 heteroatoms. The zero-order valence-electron chi connectivity index (χ0n) is 10.3. The number of phenols is 1. The van der Waals surface area contributed by atoms with Crippen molar-refractivity contribution in [2.75, 3.05) is 6.61 Å². The third-order valence-corrected chi connectivity index (χ3v) is 2.92. The van der Waals surface area contributed by atoms with Gasteiger partial charge in [0.15, 0.2) is 0 Å². The van der Waals surface area contributed by atoms with Gasteiger partial charge in [-0.25, -0.2) is 0 Å². The molecule has 0 bridgehead atoms. The Kier molecular flexibility index (Phi) is 4.26. The summed E-state index contributed by atoms with van der Waals surface area (Å²) in [5, 5.41) is 28.8. The Hall–Kier alpha value is -2.20. The lowest BCUT2D eigenvalue weighted by molar-refractivity contribution is 0.130. The molecule has 2 rings (SSSR count). The van der Waals surface area contributed by atoms with E-state index in [1.54, 1.807) is 36.4 Å². The van der Waals surface area contributed by atoms with Crippen molar-refractivity contribution in [3.63, 3.8) is 0 Å². The van der Waals surface area contributed by atoms with E-state index >= 15 is 0 Å². The predicted octanol–water partition coefficient (Wildman–Crippen LogP) is 2.38. The van der Waals surface area contributed by atoms with Gasteiger partial charge in [0, 0.05) is 12.0 Å². The maximum atomic E-state index is 10.1. The highest BCUT2D eigenvalue weighted by atomic mass is 16.5. The number of hydrogen-bond acceptors (Lipinski definition) is 4. The van der Waals surface area contributed by atoms with Crippen molar-refractivity contribution in [3.05, 3.63) is 66.2 Å². The minimum absolute atomic E-state index is 0.0616. The summed E-state index contributed by atoms with van der Waals surface area (Å²) < 4.78 is 5.31. The van der Waals surface area contributed by atoms with Crippen LogP contribution in [0.1, 0.15) is 11.5 Å². The van der Waals surface area contributed by atoms with Crippen molar-refractivity contribution in [2.24, 2.45) is 0 Å². The molecule has 1 heterocycles. The van der Waals surface area contributed by atoms with Gasteiger partial charge in [0.1, 0.15) is 11.5 Å². The van der Waals surface area contributed by atoms with Crippen LogP contribution in [0.15, 0.2) is 60.6 Å². The lowest BCUT2D eigenvalue weighted by atomic mass is 9.93. The molecule has 0 saturated carbocycles. The molecule has 0 radical (unpaired) electrons. The molecule has 0 saturated heterocycles. The quantitative estimate of drug-likeness (QED) is 0.725. The van der Waals surface area contributed by atoms with Gasteiger partial charge in [0.25, 0.3) is 0 Å². The number of aliphatic hydroxyl groups excluding tert-OH is 2. The van der Waals surface area contributed by atoms with Crippen molar-refractivity contribution in [1.82, 2.24) is 0 Å². The van der Waals surface area contributed by atoms with Crippen molar-refractivity contribution >= 4 is 0 Å². The fraction of sp³-hybridized carbons (Fsp3) is 0.200. The number of allylic oxidation sites excluding steroid dienone is 3. The number of ether oxygens (including phenoxy) is 1. The zero-order chi connectivity index (χ0) is 13.7. The first-order chi connectivity index (χ1) is 9.16. The number of aromatic hydroxyl groups is 1. The third kappa shape index (κ3) is 3.63. The molecular weight excluding hydrogens is 244 g/mol. The molecule has 1 aliphatic rings. The molecule has 0 spiro atoms. The first-order valence-corrected chi connectivity index (χ1v) is 5.99. The Balaban J connectivity index is 2.23. The smallest absolute Gasteiger partial charge is 0.118 e. The maximum Gasteiger partial charge on any atom is 0.118 e. The first-order valence-electron chi connectivity index (χ1n) is 5.99. The fourth-order valence-corrected chi connectivity index (χ4v) is 1.85. The zero-order valence-corrected chi connectivity index (χ0v) is 10.3. The van der Waals surface area contributed by atoms with E-state index in [9.17, 15) is 15.3 Å². The summed E-state index contributed by atoms with van der Waals surface area (Å²) in [4.78, 5) is 0. The highest BCUT2D eigenvalue weighted by Crippen LogP contribution is 2.24. The van der Waals surface area contributed by atoms with Gasteiger partial charge in [-0.2, -0.15) is 0 Å². The summed E-state index contributed by atoms with van der Waals surface area (Å²) in [6, 6.07) is 6.66. The third-order valence-electron chi connectivity index (χ3n) is 2.92. The van der Waals surface area contributed by atoms with Crippen molar-refractivity contribution in [2.45, 2.75) is 12.0 Å². The van der Waals surface area contributed by atoms with Crippen molar-refractivity contribution < 1.29 is 20.1 Å². The van der Waals surface area contributed by atoms with E-state index in [0.717, 1.165) is 5.56 Å². The van der Waals surface area contributed by atoms with Gasteiger partial charge in [-0.05, 0) is 23.8 Å². The van der Waals surface area contributed by atoms with Gasteiger partial charge < -0.3 is 20.1 Å². The minimum atomic E-state index is -0.736. The Labute approximate surface area is 111 Å². The molecule has 19 heavy (non-hydrogen) atoms. The van der Waals surface area contributed by atoms with Crippen LogP contribution in [0.4, 0.5) is 0 Å². The summed E-state index contributed by atoms with van der Waals surface area (Å²) in [5.41, 5.74) is 0.872. The van der Waals surface area contributed by atoms with Gasteiger partial charge in [-0.3, -0.25) is 0 Å². The van der Waals surface area contributed by atoms with E-state index in [2.05, 4.69) is 0 Å². The number of benzene rings is 1. The second-order valence-corrected chi connectivity index (χ2v) is 4.30. The first kappa shape index (κ1) is 13.2. The topological polar surface area (TPSA) is 69.9 Å². The molecule has 0 aliphatic carbocycles. The Morgan fingerprint density at radius 3 is 2.58 bits per heavy atom. The summed E-state index contributed by atoms with van der Waals surface area (Å²) in [7, 11) is 0. The van der Waals surface area contributed by atoms with Crippen molar-refractivity contribution in [1.29, 1.82) is 0 Å².